The predicted molar refractivity (Wildman–Crippen MR) is 70.6 cm³/mol. The minimum absolute atomic E-state index is 0.00449. The van der Waals surface area contributed by atoms with Gasteiger partial charge in [-0.05, 0) is 31.5 Å². The lowest BCUT2D eigenvalue weighted by atomic mass is 10.1. The van der Waals surface area contributed by atoms with E-state index in [0.29, 0.717) is 5.75 Å². The van der Waals surface area contributed by atoms with Crippen molar-refractivity contribution in [2.45, 2.75) is 25.8 Å². The van der Waals surface area contributed by atoms with Crippen molar-refractivity contribution in [3.8, 4) is 11.8 Å². The highest BCUT2D eigenvalue weighted by atomic mass is 16.5. The highest BCUT2D eigenvalue weighted by molar-refractivity contribution is 5.79. The summed E-state index contributed by atoms with van der Waals surface area (Å²) in [5, 5.41) is 20.2. The molecule has 1 amide bonds. The maximum absolute atomic E-state index is 11.7. The second kappa shape index (κ2) is 6.76. The van der Waals surface area contributed by atoms with Crippen LogP contribution in [0.2, 0.25) is 0 Å². The molecule has 0 saturated carbocycles. The summed E-state index contributed by atoms with van der Waals surface area (Å²) in [4.78, 5) is 11.7. The summed E-state index contributed by atoms with van der Waals surface area (Å²) in [6.07, 6.45) is 0.238. The van der Waals surface area contributed by atoms with Gasteiger partial charge in [0.2, 0.25) is 5.91 Å². The average Bonchev–Trinajstić information content (AvgIpc) is 2.37. The third-order valence-electron chi connectivity index (χ3n) is 2.46. The van der Waals surface area contributed by atoms with E-state index in [1.165, 1.54) is 0 Å². The molecule has 0 fully saturated rings. The largest absolute Gasteiger partial charge is 0.479 e. The molecule has 19 heavy (non-hydrogen) atoms. The molecule has 0 spiro atoms. The van der Waals surface area contributed by atoms with Crippen molar-refractivity contribution < 1.29 is 14.6 Å². The molecule has 2 N–H and O–H groups in total. The Morgan fingerprint density at radius 1 is 1.42 bits per heavy atom. The molecule has 0 heterocycles. The maximum Gasteiger partial charge on any atom is 0.224 e. The zero-order chi connectivity index (χ0) is 14.3. The molecule has 0 aliphatic carbocycles. The molecule has 0 atom stereocenters. The number of ether oxygens (including phenoxy) is 1. The highest BCUT2D eigenvalue weighted by Crippen LogP contribution is 2.12. The van der Waals surface area contributed by atoms with Crippen molar-refractivity contribution in [2.75, 3.05) is 13.2 Å². The molecule has 0 saturated heterocycles. The van der Waals surface area contributed by atoms with Crippen molar-refractivity contribution in [3.63, 3.8) is 0 Å². The molecule has 1 rings (SSSR count). The first-order chi connectivity index (χ1) is 8.96. The number of rotatable bonds is 6. The summed E-state index contributed by atoms with van der Waals surface area (Å²) in [6.45, 7) is 3.40. The van der Waals surface area contributed by atoms with Crippen LogP contribution in [-0.2, 0) is 11.2 Å². The van der Waals surface area contributed by atoms with E-state index >= 15 is 0 Å². The first kappa shape index (κ1) is 15.0. The van der Waals surface area contributed by atoms with Gasteiger partial charge in [-0.3, -0.25) is 4.79 Å². The number of hydrogen-bond acceptors (Lipinski definition) is 4. The molecule has 5 heteroatoms. The summed E-state index contributed by atoms with van der Waals surface area (Å²) in [6, 6.07) is 8.88. The zero-order valence-corrected chi connectivity index (χ0v) is 11.1. The standard InChI is InChI=1S/C14H18N2O3/c1-14(2,10-17)16-13(18)9-11-3-5-12(6-4-11)19-8-7-15/h3-6,17H,8-10H2,1-2H3,(H,16,18). The van der Waals surface area contributed by atoms with Crippen LogP contribution in [-0.4, -0.2) is 29.8 Å². The molecule has 0 aromatic heterocycles. The average molecular weight is 262 g/mol. The quantitative estimate of drug-likeness (QED) is 0.801. The Hall–Kier alpha value is -2.06. The third-order valence-corrected chi connectivity index (χ3v) is 2.46. The molecule has 0 unspecified atom stereocenters. The first-order valence-corrected chi connectivity index (χ1v) is 5.97. The number of nitrogens with zero attached hydrogens (tertiary/aromatic N) is 1. The van der Waals surface area contributed by atoms with Crippen LogP contribution < -0.4 is 10.1 Å². The number of nitrogens with one attached hydrogen (secondary N) is 1. The van der Waals surface area contributed by atoms with Gasteiger partial charge in [-0.25, -0.2) is 0 Å². The lowest BCUT2D eigenvalue weighted by Crippen LogP contribution is -2.46. The second-order valence-electron chi connectivity index (χ2n) is 4.86. The SMILES string of the molecule is CC(C)(CO)NC(=O)Cc1ccc(OCC#N)cc1. The van der Waals surface area contributed by atoms with E-state index in [9.17, 15) is 4.79 Å². The Labute approximate surface area is 112 Å². The van der Waals surface area contributed by atoms with E-state index in [-0.39, 0.29) is 25.5 Å². The molecule has 5 nitrogen and oxygen atoms in total. The number of benzene rings is 1. The molecule has 0 bridgehead atoms. The van der Waals surface area contributed by atoms with Crippen molar-refractivity contribution >= 4 is 5.91 Å². The van der Waals surface area contributed by atoms with Gasteiger partial charge in [0.25, 0.3) is 0 Å². The summed E-state index contributed by atoms with van der Waals surface area (Å²) in [5.41, 5.74) is 0.225. The topological polar surface area (TPSA) is 82.3 Å². The molecular weight excluding hydrogens is 244 g/mol. The fraction of sp³-hybridized carbons (Fsp3) is 0.429. The van der Waals surface area contributed by atoms with Crippen LogP contribution in [0, 0.1) is 11.3 Å². The number of carbonyl (C=O) groups is 1. The molecule has 1 aromatic rings. The summed E-state index contributed by atoms with van der Waals surface area (Å²) in [5.74, 6) is 0.450. The molecule has 0 aliphatic rings. The van der Waals surface area contributed by atoms with E-state index in [1.807, 2.05) is 6.07 Å². The van der Waals surface area contributed by atoms with Gasteiger partial charge in [0.1, 0.15) is 11.8 Å². The van der Waals surface area contributed by atoms with E-state index < -0.39 is 5.54 Å². The number of hydrogen-bond donors (Lipinski definition) is 2. The lowest BCUT2D eigenvalue weighted by Gasteiger charge is -2.23. The second-order valence-corrected chi connectivity index (χ2v) is 4.86. The highest BCUT2D eigenvalue weighted by Gasteiger charge is 2.18. The van der Waals surface area contributed by atoms with Crippen LogP contribution in [0.3, 0.4) is 0 Å². The molecule has 0 aliphatic heterocycles. The number of nitriles is 1. The van der Waals surface area contributed by atoms with Crippen molar-refractivity contribution in [2.24, 2.45) is 0 Å². The summed E-state index contributed by atoms with van der Waals surface area (Å²) < 4.78 is 5.12. The number of aliphatic hydroxyl groups excluding tert-OH is 1. The van der Waals surface area contributed by atoms with E-state index in [1.54, 1.807) is 38.1 Å². The van der Waals surface area contributed by atoms with Gasteiger partial charge >= 0.3 is 0 Å². The van der Waals surface area contributed by atoms with Gasteiger partial charge in [-0.2, -0.15) is 5.26 Å². The van der Waals surface area contributed by atoms with Crippen LogP contribution in [0.25, 0.3) is 0 Å². The van der Waals surface area contributed by atoms with Gasteiger partial charge < -0.3 is 15.2 Å². The van der Waals surface area contributed by atoms with Gasteiger partial charge in [0.15, 0.2) is 6.61 Å². The summed E-state index contributed by atoms with van der Waals surface area (Å²) in [7, 11) is 0. The number of aliphatic hydroxyl groups is 1. The van der Waals surface area contributed by atoms with Crippen LogP contribution in [0.4, 0.5) is 0 Å². The Balaban J connectivity index is 2.54. The smallest absolute Gasteiger partial charge is 0.224 e. The fourth-order valence-electron chi connectivity index (χ4n) is 1.47. The minimum atomic E-state index is -0.618. The Kier molecular flexibility index (Phi) is 5.34. The fourth-order valence-corrected chi connectivity index (χ4v) is 1.47. The molecular formula is C14H18N2O3. The molecule has 102 valence electrons. The van der Waals surface area contributed by atoms with Crippen molar-refractivity contribution in [1.82, 2.24) is 5.32 Å². The van der Waals surface area contributed by atoms with Gasteiger partial charge in [-0.15, -0.1) is 0 Å². The Bertz CT molecular complexity index is 461. The Morgan fingerprint density at radius 2 is 2.05 bits per heavy atom. The normalized spacial score (nSPS) is 10.6. The lowest BCUT2D eigenvalue weighted by molar-refractivity contribution is -0.122. The minimum Gasteiger partial charge on any atom is -0.479 e. The van der Waals surface area contributed by atoms with Gasteiger partial charge in [0, 0.05) is 0 Å². The summed E-state index contributed by atoms with van der Waals surface area (Å²) >= 11 is 0. The van der Waals surface area contributed by atoms with Crippen LogP contribution in [0.15, 0.2) is 24.3 Å². The molecule has 0 radical (unpaired) electrons. The van der Waals surface area contributed by atoms with Crippen LogP contribution >= 0.6 is 0 Å². The molecule has 1 aromatic carbocycles. The van der Waals surface area contributed by atoms with Crippen molar-refractivity contribution in [1.29, 1.82) is 5.26 Å². The van der Waals surface area contributed by atoms with Gasteiger partial charge in [-0.1, -0.05) is 12.1 Å². The van der Waals surface area contributed by atoms with E-state index in [2.05, 4.69) is 5.32 Å². The number of amides is 1. The van der Waals surface area contributed by atoms with Crippen molar-refractivity contribution in [3.05, 3.63) is 29.8 Å². The zero-order valence-electron chi connectivity index (χ0n) is 11.1. The van der Waals surface area contributed by atoms with E-state index in [4.69, 9.17) is 15.1 Å². The first-order valence-electron chi connectivity index (χ1n) is 5.97. The number of carbonyl (C=O) groups excluding carboxylic acids is 1. The van der Waals surface area contributed by atoms with E-state index in [0.717, 1.165) is 5.56 Å². The predicted octanol–water partition coefficient (Wildman–Crippen LogP) is 1.02. The van der Waals surface area contributed by atoms with Crippen LogP contribution in [0.5, 0.6) is 5.75 Å². The van der Waals surface area contributed by atoms with Gasteiger partial charge in [0.05, 0.1) is 18.6 Å². The third kappa shape index (κ3) is 5.40. The van der Waals surface area contributed by atoms with Crippen LogP contribution in [0.1, 0.15) is 19.4 Å². The maximum atomic E-state index is 11.7. The Morgan fingerprint density at radius 3 is 2.58 bits per heavy atom. The monoisotopic (exact) mass is 262 g/mol.